The molecule has 0 bridgehead atoms. The second-order valence-electron chi connectivity index (χ2n) is 6.15. The number of hydrogen-bond donors (Lipinski definition) is 1. The van der Waals surface area contributed by atoms with Crippen molar-refractivity contribution >= 4 is 40.0 Å². The van der Waals surface area contributed by atoms with Crippen LogP contribution in [0.1, 0.15) is 46.7 Å². The SMILES string of the molecule is C=CCn1c(SCC(=O)Nc2sc(CC)cc2C(=O)OC)nnc1C1CC1. The van der Waals surface area contributed by atoms with Crippen LogP contribution in [0.3, 0.4) is 0 Å². The summed E-state index contributed by atoms with van der Waals surface area (Å²) in [6, 6.07) is 1.77. The second kappa shape index (κ2) is 8.71. The van der Waals surface area contributed by atoms with E-state index in [-0.39, 0.29) is 11.7 Å². The maximum atomic E-state index is 12.4. The predicted molar refractivity (Wildman–Crippen MR) is 107 cm³/mol. The second-order valence-corrected chi connectivity index (χ2v) is 8.23. The molecule has 0 saturated heterocycles. The number of carbonyl (C=O) groups is 2. The van der Waals surface area contributed by atoms with Gasteiger partial charge in [-0.3, -0.25) is 4.79 Å². The van der Waals surface area contributed by atoms with Gasteiger partial charge in [0, 0.05) is 17.3 Å². The highest BCUT2D eigenvalue weighted by Crippen LogP contribution is 2.40. The molecule has 1 saturated carbocycles. The molecule has 1 fully saturated rings. The Morgan fingerprint density at radius 1 is 1.48 bits per heavy atom. The number of aryl methyl sites for hydroxylation is 1. The number of anilines is 1. The Bertz CT molecular complexity index is 855. The summed E-state index contributed by atoms with van der Waals surface area (Å²) in [5, 5.41) is 12.6. The first-order valence-electron chi connectivity index (χ1n) is 8.75. The monoisotopic (exact) mass is 406 g/mol. The first-order valence-corrected chi connectivity index (χ1v) is 10.5. The van der Waals surface area contributed by atoms with Gasteiger partial charge in [0.25, 0.3) is 0 Å². The largest absolute Gasteiger partial charge is 0.465 e. The fraction of sp³-hybridized carbons (Fsp3) is 0.444. The molecule has 2 aromatic rings. The van der Waals surface area contributed by atoms with Crippen molar-refractivity contribution in [3.8, 4) is 0 Å². The molecule has 0 unspecified atom stereocenters. The normalized spacial score (nSPS) is 13.4. The van der Waals surface area contributed by atoms with Gasteiger partial charge in [-0.25, -0.2) is 4.79 Å². The minimum atomic E-state index is -0.450. The molecule has 0 radical (unpaired) electrons. The molecule has 27 heavy (non-hydrogen) atoms. The van der Waals surface area contributed by atoms with E-state index in [0.29, 0.717) is 28.2 Å². The lowest BCUT2D eigenvalue weighted by Crippen LogP contribution is -2.16. The van der Waals surface area contributed by atoms with Gasteiger partial charge >= 0.3 is 5.97 Å². The van der Waals surface area contributed by atoms with Crippen LogP contribution in [0.5, 0.6) is 0 Å². The molecule has 144 valence electrons. The van der Waals surface area contributed by atoms with Crippen LogP contribution in [0.2, 0.25) is 0 Å². The Balaban J connectivity index is 1.66. The number of hydrogen-bond acceptors (Lipinski definition) is 7. The highest BCUT2D eigenvalue weighted by atomic mass is 32.2. The minimum Gasteiger partial charge on any atom is -0.465 e. The van der Waals surface area contributed by atoms with Gasteiger partial charge < -0.3 is 14.6 Å². The average Bonchev–Trinajstić information content (AvgIpc) is 3.31. The van der Waals surface area contributed by atoms with Gasteiger partial charge in [0.2, 0.25) is 5.91 Å². The lowest BCUT2D eigenvalue weighted by molar-refractivity contribution is -0.113. The van der Waals surface area contributed by atoms with E-state index in [4.69, 9.17) is 4.74 Å². The Morgan fingerprint density at radius 3 is 2.89 bits per heavy atom. The summed E-state index contributed by atoms with van der Waals surface area (Å²) in [7, 11) is 1.33. The Kier molecular flexibility index (Phi) is 6.33. The van der Waals surface area contributed by atoms with Gasteiger partial charge in [0.05, 0.1) is 18.4 Å². The summed E-state index contributed by atoms with van der Waals surface area (Å²) in [5.74, 6) is 0.975. The third kappa shape index (κ3) is 4.59. The molecule has 7 nitrogen and oxygen atoms in total. The number of methoxy groups -OCH3 is 1. The van der Waals surface area contributed by atoms with Gasteiger partial charge in [0.15, 0.2) is 5.16 Å². The van der Waals surface area contributed by atoms with Crippen molar-refractivity contribution in [2.45, 2.75) is 43.8 Å². The van der Waals surface area contributed by atoms with Crippen molar-refractivity contribution in [2.24, 2.45) is 0 Å². The molecule has 3 rings (SSSR count). The van der Waals surface area contributed by atoms with Crippen LogP contribution in [-0.2, 0) is 22.5 Å². The molecular weight excluding hydrogens is 384 g/mol. The molecule has 9 heteroatoms. The van der Waals surface area contributed by atoms with Gasteiger partial charge in [-0.05, 0) is 25.3 Å². The fourth-order valence-electron chi connectivity index (χ4n) is 2.61. The maximum absolute atomic E-state index is 12.4. The van der Waals surface area contributed by atoms with Crippen LogP contribution in [0.25, 0.3) is 0 Å². The number of thioether (sulfide) groups is 1. The molecule has 1 amide bonds. The number of nitrogens with one attached hydrogen (secondary N) is 1. The summed E-state index contributed by atoms with van der Waals surface area (Å²) in [5.41, 5.74) is 0.392. The standard InChI is InChI=1S/C18H22N4O3S2/c1-4-8-22-15(11-6-7-11)20-21-18(22)26-10-14(23)19-16-13(17(24)25-3)9-12(5-2)27-16/h4,9,11H,1,5-8,10H2,2-3H3,(H,19,23). The number of nitrogens with zero attached hydrogens (tertiary/aromatic N) is 3. The molecule has 0 atom stereocenters. The van der Waals surface area contributed by atoms with E-state index in [2.05, 4.69) is 22.1 Å². The van der Waals surface area contributed by atoms with Crippen LogP contribution < -0.4 is 5.32 Å². The van der Waals surface area contributed by atoms with Crippen molar-refractivity contribution in [2.75, 3.05) is 18.2 Å². The first-order chi connectivity index (χ1) is 13.1. The lowest BCUT2D eigenvalue weighted by Gasteiger charge is -2.07. The highest BCUT2D eigenvalue weighted by molar-refractivity contribution is 7.99. The third-order valence-corrected chi connectivity index (χ3v) is 6.28. The zero-order valence-corrected chi connectivity index (χ0v) is 17.0. The van der Waals surface area contributed by atoms with E-state index >= 15 is 0 Å². The first kappa shape index (κ1) is 19.6. The maximum Gasteiger partial charge on any atom is 0.340 e. The topological polar surface area (TPSA) is 86.1 Å². The van der Waals surface area contributed by atoms with Crippen molar-refractivity contribution in [1.29, 1.82) is 0 Å². The number of thiophene rings is 1. The molecule has 1 aliphatic carbocycles. The van der Waals surface area contributed by atoms with E-state index < -0.39 is 5.97 Å². The van der Waals surface area contributed by atoms with Crippen LogP contribution >= 0.6 is 23.1 Å². The number of esters is 1. The Labute approximate surface area is 166 Å². The zero-order chi connectivity index (χ0) is 19.4. The molecule has 0 spiro atoms. The van der Waals surface area contributed by atoms with E-state index in [0.717, 1.165) is 30.0 Å². The van der Waals surface area contributed by atoms with E-state index in [1.165, 1.54) is 30.2 Å². The number of amides is 1. The van der Waals surface area contributed by atoms with Crippen molar-refractivity contribution in [1.82, 2.24) is 14.8 Å². The van der Waals surface area contributed by atoms with Crippen LogP contribution in [0, 0.1) is 0 Å². The number of ether oxygens (including phenoxy) is 1. The molecule has 2 aromatic heterocycles. The van der Waals surface area contributed by atoms with E-state index in [9.17, 15) is 9.59 Å². The molecule has 0 aliphatic heterocycles. The van der Waals surface area contributed by atoms with Crippen molar-refractivity contribution in [3.63, 3.8) is 0 Å². The van der Waals surface area contributed by atoms with E-state index in [1.54, 1.807) is 12.1 Å². The van der Waals surface area contributed by atoms with Crippen molar-refractivity contribution < 1.29 is 14.3 Å². The van der Waals surface area contributed by atoms with Gasteiger partial charge in [-0.1, -0.05) is 24.8 Å². The average molecular weight is 407 g/mol. The third-order valence-electron chi connectivity index (χ3n) is 4.12. The molecular formula is C18H22N4O3S2. The van der Waals surface area contributed by atoms with Gasteiger partial charge in [-0.15, -0.1) is 28.1 Å². The molecule has 2 heterocycles. The number of carbonyl (C=O) groups excluding carboxylic acids is 2. The number of allylic oxidation sites excluding steroid dienone is 1. The summed E-state index contributed by atoms with van der Waals surface area (Å²) in [4.78, 5) is 25.3. The number of rotatable bonds is 9. The van der Waals surface area contributed by atoms with Crippen LogP contribution in [-0.4, -0.2) is 39.5 Å². The van der Waals surface area contributed by atoms with Gasteiger partial charge in [-0.2, -0.15) is 0 Å². The summed E-state index contributed by atoms with van der Waals surface area (Å²) in [6.45, 7) is 6.41. The molecule has 1 N–H and O–H groups in total. The summed E-state index contributed by atoms with van der Waals surface area (Å²) in [6.07, 6.45) is 4.86. The Morgan fingerprint density at radius 2 is 2.26 bits per heavy atom. The Hall–Kier alpha value is -2.13. The highest BCUT2D eigenvalue weighted by Gasteiger charge is 2.30. The quantitative estimate of drug-likeness (QED) is 0.390. The van der Waals surface area contributed by atoms with E-state index in [1.807, 2.05) is 11.5 Å². The fourth-order valence-corrected chi connectivity index (χ4v) is 4.37. The van der Waals surface area contributed by atoms with Gasteiger partial charge in [0.1, 0.15) is 10.8 Å². The zero-order valence-electron chi connectivity index (χ0n) is 15.4. The molecule has 1 aliphatic rings. The summed E-state index contributed by atoms with van der Waals surface area (Å²) >= 11 is 2.72. The van der Waals surface area contributed by atoms with Crippen LogP contribution in [0.15, 0.2) is 23.9 Å². The predicted octanol–water partition coefficient (Wildman–Crippen LogP) is 3.48. The molecule has 0 aromatic carbocycles. The number of aromatic nitrogens is 3. The van der Waals surface area contributed by atoms with Crippen LogP contribution in [0.4, 0.5) is 5.00 Å². The minimum absolute atomic E-state index is 0.180. The smallest absolute Gasteiger partial charge is 0.340 e. The summed E-state index contributed by atoms with van der Waals surface area (Å²) < 4.78 is 6.82. The van der Waals surface area contributed by atoms with Crippen molar-refractivity contribution in [3.05, 3.63) is 35.0 Å². The lowest BCUT2D eigenvalue weighted by atomic mass is 10.2.